The zero-order valence-corrected chi connectivity index (χ0v) is 8.03. The molecule has 14 heavy (non-hydrogen) atoms. The van der Waals surface area contributed by atoms with E-state index < -0.39 is 0 Å². The molecule has 1 unspecified atom stereocenters. The highest BCUT2D eigenvalue weighted by molar-refractivity contribution is 7.80. The van der Waals surface area contributed by atoms with Crippen molar-refractivity contribution in [2.24, 2.45) is 5.73 Å². The number of nitrogens with two attached hydrogens (primary N) is 1. The van der Waals surface area contributed by atoms with Crippen LogP contribution in [0, 0.1) is 0 Å². The van der Waals surface area contributed by atoms with Gasteiger partial charge in [-0.15, -0.1) is 5.10 Å². The topological polar surface area (TPSA) is 83.0 Å². The highest BCUT2D eigenvalue weighted by atomic mass is 32.1. The summed E-state index contributed by atoms with van der Waals surface area (Å²) in [6.07, 6.45) is 2.05. The minimum absolute atomic E-state index is 0.120. The fourth-order valence-corrected chi connectivity index (χ4v) is 1.36. The van der Waals surface area contributed by atoms with Crippen molar-refractivity contribution in [2.75, 3.05) is 6.61 Å². The molecule has 1 atom stereocenters. The number of rotatable bonds is 2. The van der Waals surface area contributed by atoms with Gasteiger partial charge in [0.1, 0.15) is 11.3 Å². The Kier molecular flexibility index (Phi) is 2.16. The summed E-state index contributed by atoms with van der Waals surface area (Å²) >= 11 is 4.70. The molecule has 0 spiro atoms. The molecule has 2 heterocycles. The maximum Gasteiger partial charge on any atom is 0.331 e. The van der Waals surface area contributed by atoms with Crippen LogP contribution in [0.5, 0.6) is 0 Å². The first-order chi connectivity index (χ1) is 6.68. The zero-order valence-electron chi connectivity index (χ0n) is 7.21. The number of ether oxygens (including phenoxy) is 1. The molecule has 6 nitrogen and oxygen atoms in total. The van der Waals surface area contributed by atoms with Crippen molar-refractivity contribution < 1.29 is 9.53 Å². The van der Waals surface area contributed by atoms with Gasteiger partial charge in [-0.2, -0.15) is 0 Å². The number of hydrogen-bond donors (Lipinski definition) is 1. The minimum atomic E-state index is -0.384. The molecule has 0 aromatic carbocycles. The lowest BCUT2D eigenvalue weighted by Gasteiger charge is -2.03. The summed E-state index contributed by atoms with van der Waals surface area (Å²) in [6, 6.07) is -0.384. The summed E-state index contributed by atoms with van der Waals surface area (Å²) in [5.41, 5.74) is 5.34. The first-order valence-corrected chi connectivity index (χ1v) is 4.47. The molecule has 74 valence electrons. The summed E-state index contributed by atoms with van der Waals surface area (Å²) in [4.78, 5) is 15.2. The Morgan fingerprint density at radius 1 is 1.79 bits per heavy atom. The normalized spacial score (nSPS) is 20.9. The molecule has 0 bridgehead atoms. The Labute approximate surface area is 85.1 Å². The van der Waals surface area contributed by atoms with Crippen molar-refractivity contribution in [2.45, 2.75) is 12.5 Å². The van der Waals surface area contributed by atoms with Crippen LogP contribution >= 0.6 is 12.2 Å². The van der Waals surface area contributed by atoms with E-state index in [0.717, 1.165) is 0 Å². The monoisotopic (exact) mass is 212 g/mol. The lowest BCUT2D eigenvalue weighted by atomic mass is 10.3. The molecule has 1 aliphatic rings. The highest BCUT2D eigenvalue weighted by Gasteiger charge is 2.29. The van der Waals surface area contributed by atoms with E-state index in [-0.39, 0.29) is 22.8 Å². The molecule has 0 radical (unpaired) electrons. The number of carbonyl (C=O) groups excluding carboxylic acids is 1. The minimum Gasteiger partial charge on any atom is -0.464 e. The third kappa shape index (κ3) is 1.46. The van der Waals surface area contributed by atoms with Crippen molar-refractivity contribution in [3.63, 3.8) is 0 Å². The number of esters is 1. The van der Waals surface area contributed by atoms with E-state index in [1.54, 1.807) is 0 Å². The maximum atomic E-state index is 11.2. The molecule has 1 aromatic rings. The van der Waals surface area contributed by atoms with Crippen LogP contribution in [-0.4, -0.2) is 32.3 Å². The van der Waals surface area contributed by atoms with Crippen molar-refractivity contribution >= 4 is 23.2 Å². The number of cyclic esters (lactones) is 1. The van der Waals surface area contributed by atoms with Gasteiger partial charge in [-0.1, -0.05) is 12.2 Å². The third-order valence-corrected chi connectivity index (χ3v) is 2.14. The van der Waals surface area contributed by atoms with Gasteiger partial charge in [0.05, 0.1) is 6.61 Å². The van der Waals surface area contributed by atoms with Gasteiger partial charge >= 0.3 is 5.97 Å². The second-order valence-corrected chi connectivity index (χ2v) is 3.32. The molecule has 7 heteroatoms. The number of hydrogen-bond acceptors (Lipinski definition) is 5. The number of thiocarbonyl (C=S) groups is 1. The van der Waals surface area contributed by atoms with E-state index in [0.29, 0.717) is 13.0 Å². The number of aromatic nitrogens is 3. The van der Waals surface area contributed by atoms with Gasteiger partial charge in [0.25, 0.3) is 0 Å². The largest absolute Gasteiger partial charge is 0.464 e. The molecule has 0 aliphatic carbocycles. The molecule has 1 aliphatic heterocycles. The van der Waals surface area contributed by atoms with Crippen LogP contribution < -0.4 is 5.73 Å². The van der Waals surface area contributed by atoms with Crippen molar-refractivity contribution in [1.29, 1.82) is 0 Å². The first kappa shape index (κ1) is 9.07. The van der Waals surface area contributed by atoms with Gasteiger partial charge < -0.3 is 10.5 Å². The van der Waals surface area contributed by atoms with Gasteiger partial charge in [-0.05, 0) is 0 Å². The molecule has 2 rings (SSSR count). The highest BCUT2D eigenvalue weighted by Crippen LogP contribution is 2.18. The smallest absolute Gasteiger partial charge is 0.331 e. The predicted molar refractivity (Wildman–Crippen MR) is 50.5 cm³/mol. The van der Waals surface area contributed by atoms with Crippen molar-refractivity contribution in [1.82, 2.24) is 14.8 Å². The van der Waals surface area contributed by atoms with E-state index >= 15 is 0 Å². The Hall–Kier alpha value is -1.50. The van der Waals surface area contributed by atoms with Crippen LogP contribution in [0.2, 0.25) is 0 Å². The zero-order chi connectivity index (χ0) is 10.1. The van der Waals surface area contributed by atoms with Crippen molar-refractivity contribution in [3.8, 4) is 0 Å². The number of carbonyl (C=O) groups is 1. The lowest BCUT2D eigenvalue weighted by Crippen LogP contribution is -2.17. The molecular formula is C7H8N4O2S. The van der Waals surface area contributed by atoms with E-state index in [4.69, 9.17) is 22.7 Å². The van der Waals surface area contributed by atoms with E-state index in [1.165, 1.54) is 11.0 Å². The van der Waals surface area contributed by atoms with Crippen LogP contribution in [0.3, 0.4) is 0 Å². The van der Waals surface area contributed by atoms with E-state index in [9.17, 15) is 4.79 Å². The summed E-state index contributed by atoms with van der Waals surface area (Å²) < 4.78 is 6.23. The number of nitrogens with zero attached hydrogens (tertiary/aromatic N) is 3. The first-order valence-electron chi connectivity index (χ1n) is 4.06. The second-order valence-electron chi connectivity index (χ2n) is 2.88. The van der Waals surface area contributed by atoms with Crippen LogP contribution in [0.4, 0.5) is 0 Å². The Bertz CT molecular complexity index is 389. The fraction of sp³-hybridized carbons (Fsp3) is 0.429. The van der Waals surface area contributed by atoms with Gasteiger partial charge in [-0.25, -0.2) is 14.5 Å². The summed E-state index contributed by atoms with van der Waals surface area (Å²) in [6.45, 7) is 0.422. The van der Waals surface area contributed by atoms with Gasteiger partial charge in [0.15, 0.2) is 6.04 Å². The summed E-state index contributed by atoms with van der Waals surface area (Å²) in [7, 11) is 0. The van der Waals surface area contributed by atoms with E-state index in [2.05, 4.69) is 10.1 Å². The summed E-state index contributed by atoms with van der Waals surface area (Å²) in [5.74, 6) is -0.0101. The fourth-order valence-electron chi connectivity index (χ4n) is 1.26. The van der Waals surface area contributed by atoms with Gasteiger partial charge in [-0.3, -0.25) is 0 Å². The average Bonchev–Trinajstić information content (AvgIpc) is 2.71. The molecule has 1 saturated heterocycles. The predicted octanol–water partition coefficient (Wildman–Crippen LogP) is -0.600. The standard InChI is InChI=1S/C7H8N4O2S/c8-5(14)6-9-3-11(10-6)4-1-2-13-7(4)12/h3-4H,1-2H2,(H2,8,14). The van der Waals surface area contributed by atoms with Crippen LogP contribution in [0.25, 0.3) is 0 Å². The third-order valence-electron chi connectivity index (χ3n) is 1.96. The second kappa shape index (κ2) is 3.33. The average molecular weight is 212 g/mol. The summed E-state index contributed by atoms with van der Waals surface area (Å²) in [5, 5.41) is 3.98. The maximum absolute atomic E-state index is 11.2. The van der Waals surface area contributed by atoms with Crippen LogP contribution in [0.1, 0.15) is 18.3 Å². The molecule has 1 fully saturated rings. The quantitative estimate of drug-likeness (QED) is 0.520. The van der Waals surface area contributed by atoms with Crippen LogP contribution in [0.15, 0.2) is 6.33 Å². The van der Waals surface area contributed by atoms with E-state index in [1.807, 2.05) is 0 Å². The molecule has 0 saturated carbocycles. The lowest BCUT2D eigenvalue weighted by molar-refractivity contribution is -0.140. The molecule has 0 amide bonds. The Morgan fingerprint density at radius 2 is 2.57 bits per heavy atom. The van der Waals surface area contributed by atoms with Crippen molar-refractivity contribution in [3.05, 3.63) is 12.2 Å². The van der Waals surface area contributed by atoms with Crippen LogP contribution in [-0.2, 0) is 9.53 Å². The Balaban J connectivity index is 2.24. The Morgan fingerprint density at radius 3 is 3.07 bits per heavy atom. The molecular weight excluding hydrogens is 204 g/mol. The van der Waals surface area contributed by atoms with Gasteiger partial charge in [0.2, 0.25) is 5.82 Å². The van der Waals surface area contributed by atoms with Gasteiger partial charge in [0, 0.05) is 6.42 Å². The SMILES string of the molecule is NC(=S)c1ncn(C2CCOC2=O)n1. The molecule has 1 aromatic heterocycles. The molecule has 2 N–H and O–H groups in total.